The van der Waals surface area contributed by atoms with E-state index in [0.717, 1.165) is 62.5 Å². The van der Waals surface area contributed by atoms with E-state index in [2.05, 4.69) is 73.5 Å². The summed E-state index contributed by atoms with van der Waals surface area (Å²) in [6.45, 7) is 8.51. The summed E-state index contributed by atoms with van der Waals surface area (Å²) in [4.78, 5) is 183. The van der Waals surface area contributed by atoms with Gasteiger partial charge in [0.15, 0.2) is 29.4 Å². The summed E-state index contributed by atoms with van der Waals surface area (Å²) in [5, 5.41) is 77.6. The highest BCUT2D eigenvalue weighted by molar-refractivity contribution is 5.90. The number of hydrogen-bond acceptors (Lipinski definition) is 28. The minimum atomic E-state index is -1.20. The van der Waals surface area contributed by atoms with Crippen LogP contribution in [0.3, 0.4) is 0 Å². The van der Waals surface area contributed by atoms with Gasteiger partial charge in [0.1, 0.15) is 54.6 Å². The van der Waals surface area contributed by atoms with Crippen LogP contribution in [0, 0.1) is 5.41 Å². The molecule has 0 saturated carbocycles. The molecule has 10 amide bonds. The number of hydrogen-bond donors (Lipinski definition) is 25. The maximum absolute atomic E-state index is 13.2. The number of nitrogens with one attached hydrogen (secondary N) is 11. The van der Waals surface area contributed by atoms with Crippen LogP contribution in [0.2, 0.25) is 0 Å². The highest BCUT2D eigenvalue weighted by atomic mass is 16.5. The Kier molecular flexibility index (Phi) is 72.7. The summed E-state index contributed by atoms with van der Waals surface area (Å²) in [6, 6.07) is 13.7. The van der Waals surface area contributed by atoms with Crippen molar-refractivity contribution in [1.82, 2.24) is 58.5 Å². The lowest BCUT2D eigenvalue weighted by atomic mass is 9.85. The Morgan fingerprint density at radius 2 is 0.690 bits per heavy atom. The quantitative estimate of drug-likeness (QED) is 0.0213. The second-order valence-electron chi connectivity index (χ2n) is 36.0. The molecule has 3 aromatic rings. The third-order valence-electron chi connectivity index (χ3n) is 23.3. The number of ketones is 2. The molecule has 0 heterocycles. The van der Waals surface area contributed by atoms with Gasteiger partial charge in [-0.2, -0.15) is 0 Å². The number of aliphatic carboxylic acids is 2. The van der Waals surface area contributed by atoms with Crippen LogP contribution in [0.5, 0.6) is 17.2 Å². The molecule has 0 spiro atoms. The van der Waals surface area contributed by atoms with Crippen LogP contribution in [-0.4, -0.2) is 294 Å². The van der Waals surface area contributed by atoms with Crippen molar-refractivity contribution >= 4 is 100 Å². The molecule has 0 aliphatic rings. The summed E-state index contributed by atoms with van der Waals surface area (Å²) >= 11 is 0. The van der Waals surface area contributed by atoms with Gasteiger partial charge in [-0.3, -0.25) is 77.3 Å². The fourth-order valence-corrected chi connectivity index (χ4v) is 14.4. The third kappa shape index (κ3) is 71.6. The number of guanidine groups is 3. The lowest BCUT2D eigenvalue weighted by molar-refractivity contribution is -0.142. The summed E-state index contributed by atoms with van der Waals surface area (Å²) < 4.78 is 21.6. The molecule has 0 unspecified atom stereocenters. The van der Waals surface area contributed by atoms with E-state index >= 15 is 0 Å². The Morgan fingerprint density at radius 1 is 0.345 bits per heavy atom. The number of unbranched alkanes of at least 4 members (excludes halogenated alkanes) is 14. The van der Waals surface area contributed by atoms with Gasteiger partial charge in [-0.25, -0.2) is 4.79 Å². The molecule has 0 radical (unpaired) electrons. The van der Waals surface area contributed by atoms with Crippen molar-refractivity contribution in [3.8, 4) is 17.2 Å². The fraction of sp³-hybridized carbons (Fsp3) is 0.646. The minimum Gasteiger partial charge on any atom is -0.508 e. The first-order chi connectivity index (χ1) is 69.1. The van der Waals surface area contributed by atoms with Crippen molar-refractivity contribution in [2.24, 2.45) is 72.0 Å². The van der Waals surface area contributed by atoms with E-state index in [1.165, 1.54) is 74.9 Å². The van der Waals surface area contributed by atoms with Crippen LogP contribution in [0.1, 0.15) is 237 Å². The largest absolute Gasteiger partial charge is 0.508 e. The Balaban J connectivity index is 0.00000143. The molecule has 0 aromatic heterocycles. The number of nitrogens with two attached hydrogens (primary N) is 9. The Bertz CT molecular complexity index is 4310. The Hall–Kier alpha value is -12.5. The van der Waals surface area contributed by atoms with E-state index < -0.39 is 77.2 Å². The summed E-state index contributed by atoms with van der Waals surface area (Å²) in [7, 11) is 3.44. The van der Waals surface area contributed by atoms with Gasteiger partial charge in [0.25, 0.3) is 0 Å². The number of aromatic hydroxyl groups is 3. The molecular formula is C99H169N23O23. The van der Waals surface area contributed by atoms with E-state index in [4.69, 9.17) is 75.7 Å². The molecule has 0 aliphatic heterocycles. The van der Waals surface area contributed by atoms with E-state index in [1.807, 2.05) is 20.8 Å². The van der Waals surface area contributed by atoms with E-state index in [9.17, 15) is 87.5 Å². The molecule has 145 heavy (non-hydrogen) atoms. The normalized spacial score (nSPS) is 12.7. The second kappa shape index (κ2) is 80.8. The maximum Gasteiger partial charge on any atom is 0.326 e. The second-order valence-corrected chi connectivity index (χ2v) is 36.0. The van der Waals surface area contributed by atoms with Crippen molar-refractivity contribution in [2.45, 2.75) is 287 Å². The average molecular weight is 2050 g/mol. The number of carboxylic acids is 2. The molecule has 3 rings (SSSR count). The number of ether oxygens (including phenoxy) is 4. The number of phenols is 3. The number of carbonyl (C=O) groups excluding carboxylic acids is 12. The number of Topliss-reactive ketones (excluding diaryl/α,β-unsaturated/α-hetero) is 2. The number of phenolic OH excluding ortho intramolecular Hbond substituents is 3. The lowest BCUT2D eigenvalue weighted by Gasteiger charge is -2.24. The Morgan fingerprint density at radius 3 is 1.05 bits per heavy atom. The number of likely N-dealkylation sites (N-methyl/N-ethyl adjacent to an activating group) is 1. The predicted octanol–water partition coefficient (Wildman–Crippen LogP) is 0.973. The van der Waals surface area contributed by atoms with Crippen molar-refractivity contribution < 1.29 is 112 Å². The number of carboxylic acid groups (broad SMARTS) is 2. The van der Waals surface area contributed by atoms with E-state index in [-0.39, 0.29) is 237 Å². The van der Waals surface area contributed by atoms with E-state index in [1.54, 1.807) is 50.5 Å². The number of nitrogens with zero attached hydrogens (tertiary/aromatic N) is 3. The molecule has 8 atom stereocenters. The number of rotatable bonds is 84. The maximum atomic E-state index is 13.2. The zero-order valence-electron chi connectivity index (χ0n) is 85.5. The topological polar surface area (TPSA) is 781 Å². The molecule has 46 nitrogen and oxygen atoms in total. The molecule has 0 fully saturated rings. The van der Waals surface area contributed by atoms with Gasteiger partial charge in [0.2, 0.25) is 59.1 Å². The number of primary amides is 3. The van der Waals surface area contributed by atoms with Crippen LogP contribution in [0.15, 0.2) is 87.8 Å². The molecule has 0 saturated heterocycles. The summed E-state index contributed by atoms with van der Waals surface area (Å²) in [5.74, 6) is -6.14. The molecule has 3 aromatic carbocycles. The first-order valence-corrected chi connectivity index (χ1v) is 50.1. The van der Waals surface area contributed by atoms with Crippen molar-refractivity contribution in [2.75, 3.05) is 119 Å². The van der Waals surface area contributed by atoms with Crippen LogP contribution in [0.4, 0.5) is 0 Å². The van der Waals surface area contributed by atoms with Gasteiger partial charge in [-0.05, 0) is 151 Å². The highest BCUT2D eigenvalue weighted by Crippen LogP contribution is 2.22. The summed E-state index contributed by atoms with van der Waals surface area (Å²) in [6.07, 6.45) is 22.1. The third-order valence-corrected chi connectivity index (χ3v) is 23.3. The zero-order valence-corrected chi connectivity index (χ0v) is 85.5. The van der Waals surface area contributed by atoms with E-state index in [0.29, 0.717) is 96.0 Å². The lowest BCUT2D eigenvalue weighted by Crippen LogP contribution is -2.48. The SMILES string of the molecule is CCC(C)(C)C(=O)CN[C@@H](CCCN=C(N)N)CC(=O)N[C@@H](Cc1ccc(O)cc1)C(N)=O.CN[C@@H](CCCCNC(=O)COCCOCCNC(=O)COCCOCCNC(=O)CC[C@H](NC(=O)CCCCCCCCCCCCCCCCC(=O)O)C(=O)O)C(=O)CN[C@@H](CCCN=C(N)N)CC(=O)N[C@@H](Cc1ccc(O)cc1)C(N)=O.CN[C@@H](CCCN=C(N)N)CC(=O)N[C@@H](Cc1ccc(O)cc1)C(N)=O. The smallest absolute Gasteiger partial charge is 0.326 e. The molecule has 818 valence electrons. The minimum absolute atomic E-state index is 0.00402. The zero-order chi connectivity index (χ0) is 108. The fourth-order valence-electron chi connectivity index (χ4n) is 14.4. The van der Waals surface area contributed by atoms with Gasteiger partial charge in [-0.1, -0.05) is 134 Å². The number of benzene rings is 3. The molecule has 34 N–H and O–H groups in total. The monoisotopic (exact) mass is 2050 g/mol. The summed E-state index contributed by atoms with van der Waals surface area (Å²) in [5.41, 5.74) is 50.4. The molecular weight excluding hydrogens is 1880 g/mol. The number of carbonyl (C=O) groups is 14. The highest BCUT2D eigenvalue weighted by Gasteiger charge is 2.30. The standard InChI is InChI=1S/C59H103N11O16.C23H38N6O4.C17H28N6O3/c1-63-47(50(72)41-68-45(19-18-30-67-59(61)62)40-53(75)70-49(57(60)80)39-44-23-25-46(71)26-24-44)20-16-17-29-64-54(76)42-85-37-36-84-34-32-66-55(77)43-86-38-35-83-33-31-65-51(73)28-27-48(58(81)82)69-52(74)21-14-12-10-8-6-4-2-3-5-7-9-11-13-15-22-56(78)79;1-4-23(2,3)19(31)14-28-16(6-5-11-27-22(25)26)13-20(32)29-18(21(24)33)12-15-7-9-17(30)10-8-15;1-21-12(3-2-8-22-17(19)20)10-15(25)23-14(16(18)26)9-11-4-6-13(24)7-5-11/h23-26,45,47-49,63,68,71H,2-22,27-43H2,1H3,(H2,60,80)(H,64,76)(H,65,73)(H,66,77)(H,69,74)(H,70,75)(H,78,79)(H,81,82)(H4,61,62,67);7-10,16,18,28,30H,4-6,11-14H2,1-3H3,(H2,24,33)(H,29,32)(H4,25,26,27);4-7,12,14,21,24H,2-3,8-10H2,1H3,(H2,18,26)(H,23,25)(H4,19,20,22)/t45-,47-,48-,49-;16-,18-;12-,14-/m000/s1. The first kappa shape index (κ1) is 131. The van der Waals surface area contributed by atoms with Gasteiger partial charge in [0, 0.05) is 121 Å². The average Bonchev–Trinajstić information content (AvgIpc) is 0.896. The van der Waals surface area contributed by atoms with Crippen LogP contribution < -0.4 is 110 Å². The van der Waals surface area contributed by atoms with Gasteiger partial charge < -0.3 is 155 Å². The Labute approximate surface area is 852 Å². The molecule has 0 bridgehead atoms. The van der Waals surface area contributed by atoms with Crippen molar-refractivity contribution in [3.63, 3.8) is 0 Å². The van der Waals surface area contributed by atoms with Crippen molar-refractivity contribution in [1.29, 1.82) is 0 Å². The first-order valence-electron chi connectivity index (χ1n) is 50.1. The molecule has 0 aliphatic carbocycles. The van der Waals surface area contributed by atoms with Gasteiger partial charge >= 0.3 is 11.9 Å². The molecule has 46 heteroatoms. The van der Waals surface area contributed by atoms with Crippen LogP contribution >= 0.6 is 0 Å². The van der Waals surface area contributed by atoms with Crippen LogP contribution in [-0.2, 0) is 105 Å². The predicted molar refractivity (Wildman–Crippen MR) is 552 cm³/mol. The number of aliphatic imine (C=N–C) groups is 3. The van der Waals surface area contributed by atoms with Crippen LogP contribution in [0.25, 0.3) is 0 Å². The van der Waals surface area contributed by atoms with Gasteiger partial charge in [-0.15, -0.1) is 0 Å². The van der Waals surface area contributed by atoms with Gasteiger partial charge in [0.05, 0.1) is 58.8 Å². The number of amides is 10. The van der Waals surface area contributed by atoms with Crippen molar-refractivity contribution in [3.05, 3.63) is 89.5 Å².